The Kier molecular flexibility index (Phi) is 2.29. The molecule has 0 bridgehead atoms. The average Bonchev–Trinajstić information content (AvgIpc) is 2.67. The van der Waals surface area contributed by atoms with Crippen molar-refractivity contribution in [2.75, 3.05) is 0 Å². The van der Waals surface area contributed by atoms with E-state index in [9.17, 15) is 8.42 Å². The summed E-state index contributed by atoms with van der Waals surface area (Å²) in [5.74, 6) is 0.295. The molecule has 0 unspecified atom stereocenters. The standard InChI is InChI=1S/C9H7NO4S/c11-15(12,13)9-10-6-8(14-9)7-4-2-1-3-5-7/h1-6H,(H,11,12,13). The van der Waals surface area contributed by atoms with Crippen LogP contribution in [0.3, 0.4) is 0 Å². The summed E-state index contributed by atoms with van der Waals surface area (Å²) in [6.07, 6.45) is 1.25. The van der Waals surface area contributed by atoms with Gasteiger partial charge in [-0.05, 0) is 0 Å². The molecule has 6 heteroatoms. The molecular formula is C9H7NO4S. The van der Waals surface area contributed by atoms with Gasteiger partial charge in [-0.1, -0.05) is 30.3 Å². The molecule has 1 aromatic heterocycles. The van der Waals surface area contributed by atoms with Crippen molar-refractivity contribution in [1.82, 2.24) is 4.98 Å². The second-order valence-corrected chi connectivity index (χ2v) is 4.13. The lowest BCUT2D eigenvalue weighted by Gasteiger charge is -1.93. The fourth-order valence-electron chi connectivity index (χ4n) is 1.11. The molecular weight excluding hydrogens is 218 g/mol. The molecule has 0 radical (unpaired) electrons. The number of nitrogens with zero attached hydrogens (tertiary/aromatic N) is 1. The van der Waals surface area contributed by atoms with Crippen LogP contribution in [0, 0.1) is 0 Å². The van der Waals surface area contributed by atoms with Crippen LogP contribution >= 0.6 is 0 Å². The SMILES string of the molecule is O=S(=O)(O)c1ncc(-c2ccccc2)o1. The molecule has 0 aliphatic rings. The Hall–Kier alpha value is -1.66. The van der Waals surface area contributed by atoms with Crippen molar-refractivity contribution < 1.29 is 17.4 Å². The molecule has 1 N–H and O–H groups in total. The van der Waals surface area contributed by atoms with E-state index in [1.807, 2.05) is 6.07 Å². The summed E-state index contributed by atoms with van der Waals surface area (Å²) < 4.78 is 34.9. The number of aromatic nitrogens is 1. The molecule has 0 saturated carbocycles. The van der Waals surface area contributed by atoms with Gasteiger partial charge in [0.2, 0.25) is 0 Å². The Morgan fingerprint density at radius 1 is 1.20 bits per heavy atom. The minimum atomic E-state index is -4.37. The van der Waals surface area contributed by atoms with Gasteiger partial charge in [0, 0.05) is 5.56 Å². The van der Waals surface area contributed by atoms with Crippen LogP contribution in [0.25, 0.3) is 11.3 Å². The molecule has 78 valence electrons. The molecule has 0 fully saturated rings. The maximum Gasteiger partial charge on any atom is 0.347 e. The summed E-state index contributed by atoms with van der Waals surface area (Å²) in [5.41, 5.74) is 0.694. The fraction of sp³-hybridized carbons (Fsp3) is 0. The second kappa shape index (κ2) is 3.48. The topological polar surface area (TPSA) is 80.4 Å². The first-order valence-electron chi connectivity index (χ1n) is 4.06. The summed E-state index contributed by atoms with van der Waals surface area (Å²) in [5, 5.41) is -0.693. The van der Waals surface area contributed by atoms with Gasteiger partial charge in [0.05, 0.1) is 6.20 Å². The lowest BCUT2D eigenvalue weighted by Crippen LogP contribution is -1.97. The van der Waals surface area contributed by atoms with Gasteiger partial charge in [-0.2, -0.15) is 8.42 Å². The van der Waals surface area contributed by atoms with Gasteiger partial charge in [0.1, 0.15) is 0 Å². The van der Waals surface area contributed by atoms with E-state index >= 15 is 0 Å². The van der Waals surface area contributed by atoms with Crippen molar-refractivity contribution in [1.29, 1.82) is 0 Å². The van der Waals surface area contributed by atoms with E-state index in [1.54, 1.807) is 24.3 Å². The number of oxazole rings is 1. The third-order valence-electron chi connectivity index (χ3n) is 1.76. The zero-order chi connectivity index (χ0) is 10.9. The zero-order valence-electron chi connectivity index (χ0n) is 7.49. The highest BCUT2D eigenvalue weighted by Gasteiger charge is 2.17. The van der Waals surface area contributed by atoms with Crippen LogP contribution in [0.4, 0.5) is 0 Å². The molecule has 0 aliphatic heterocycles. The van der Waals surface area contributed by atoms with Crippen molar-refractivity contribution in [3.63, 3.8) is 0 Å². The summed E-state index contributed by atoms with van der Waals surface area (Å²) >= 11 is 0. The van der Waals surface area contributed by atoms with Crippen LogP contribution in [0.1, 0.15) is 0 Å². The van der Waals surface area contributed by atoms with Crippen LogP contribution in [0.2, 0.25) is 0 Å². The summed E-state index contributed by atoms with van der Waals surface area (Å²) in [6, 6.07) is 8.88. The van der Waals surface area contributed by atoms with Gasteiger partial charge in [0.25, 0.3) is 0 Å². The Bertz CT molecular complexity index is 559. The third kappa shape index (κ3) is 2.05. The minimum absolute atomic E-state index is 0.295. The van der Waals surface area contributed by atoms with Gasteiger partial charge in [-0.25, -0.2) is 4.98 Å². The lowest BCUT2D eigenvalue weighted by atomic mass is 10.2. The highest BCUT2D eigenvalue weighted by Crippen LogP contribution is 2.21. The Labute approximate surface area is 86.1 Å². The molecule has 2 rings (SSSR count). The van der Waals surface area contributed by atoms with Crippen molar-refractivity contribution in [3.05, 3.63) is 36.5 Å². The van der Waals surface area contributed by atoms with E-state index < -0.39 is 15.3 Å². The first kappa shape index (κ1) is 9.88. The third-order valence-corrected chi connectivity index (χ3v) is 2.39. The van der Waals surface area contributed by atoms with Crippen molar-refractivity contribution in [3.8, 4) is 11.3 Å². The van der Waals surface area contributed by atoms with Crippen LogP contribution in [-0.2, 0) is 10.1 Å². The number of benzene rings is 1. The Balaban J connectivity index is 2.46. The number of hydrogen-bond donors (Lipinski definition) is 1. The Morgan fingerprint density at radius 2 is 1.87 bits per heavy atom. The monoisotopic (exact) mass is 225 g/mol. The van der Waals surface area contributed by atoms with Crippen LogP contribution in [-0.4, -0.2) is 18.0 Å². The van der Waals surface area contributed by atoms with E-state index in [2.05, 4.69) is 4.98 Å². The summed E-state index contributed by atoms with van der Waals surface area (Å²) in [4.78, 5) is 3.46. The summed E-state index contributed by atoms with van der Waals surface area (Å²) in [7, 11) is -4.37. The molecule has 1 aromatic carbocycles. The first-order chi connectivity index (χ1) is 7.07. The maximum absolute atomic E-state index is 10.7. The average molecular weight is 225 g/mol. The van der Waals surface area contributed by atoms with Gasteiger partial charge in [0.15, 0.2) is 5.76 Å². The molecule has 1 heterocycles. The molecule has 0 spiro atoms. The van der Waals surface area contributed by atoms with Crippen molar-refractivity contribution >= 4 is 10.1 Å². The predicted octanol–water partition coefficient (Wildman–Crippen LogP) is 1.59. The van der Waals surface area contributed by atoms with Crippen LogP contribution in [0.15, 0.2) is 46.2 Å². The molecule has 5 nitrogen and oxygen atoms in total. The minimum Gasteiger partial charge on any atom is -0.426 e. The van der Waals surface area contributed by atoms with Gasteiger partial charge >= 0.3 is 15.3 Å². The van der Waals surface area contributed by atoms with E-state index in [0.29, 0.717) is 11.3 Å². The smallest absolute Gasteiger partial charge is 0.347 e. The second-order valence-electron chi connectivity index (χ2n) is 2.83. The number of hydrogen-bond acceptors (Lipinski definition) is 4. The normalized spacial score (nSPS) is 11.5. The highest BCUT2D eigenvalue weighted by molar-refractivity contribution is 7.85. The molecule has 2 aromatic rings. The molecule has 15 heavy (non-hydrogen) atoms. The van der Waals surface area contributed by atoms with Crippen molar-refractivity contribution in [2.45, 2.75) is 5.22 Å². The molecule has 0 amide bonds. The zero-order valence-corrected chi connectivity index (χ0v) is 8.31. The van der Waals surface area contributed by atoms with E-state index in [1.165, 1.54) is 6.20 Å². The lowest BCUT2D eigenvalue weighted by molar-refractivity contribution is 0.397. The molecule has 0 aliphatic carbocycles. The quantitative estimate of drug-likeness (QED) is 0.785. The van der Waals surface area contributed by atoms with Crippen LogP contribution in [0.5, 0.6) is 0 Å². The Morgan fingerprint density at radius 3 is 2.40 bits per heavy atom. The van der Waals surface area contributed by atoms with Gasteiger partial charge < -0.3 is 4.42 Å². The molecule has 0 saturated heterocycles. The fourth-order valence-corrected chi connectivity index (χ4v) is 1.49. The van der Waals surface area contributed by atoms with Crippen molar-refractivity contribution in [2.24, 2.45) is 0 Å². The van der Waals surface area contributed by atoms with Gasteiger partial charge in [-0.15, -0.1) is 0 Å². The maximum atomic E-state index is 10.7. The first-order valence-corrected chi connectivity index (χ1v) is 5.50. The van der Waals surface area contributed by atoms with E-state index in [-0.39, 0.29) is 0 Å². The summed E-state index contributed by atoms with van der Waals surface area (Å²) in [6.45, 7) is 0. The van der Waals surface area contributed by atoms with E-state index in [4.69, 9.17) is 8.97 Å². The van der Waals surface area contributed by atoms with Crippen LogP contribution < -0.4 is 0 Å². The highest BCUT2D eigenvalue weighted by atomic mass is 32.2. The van der Waals surface area contributed by atoms with E-state index in [0.717, 1.165) is 0 Å². The largest absolute Gasteiger partial charge is 0.426 e. The van der Waals surface area contributed by atoms with Gasteiger partial charge in [-0.3, -0.25) is 4.55 Å². The predicted molar refractivity (Wildman–Crippen MR) is 51.8 cm³/mol. The number of rotatable bonds is 2. The molecule has 0 atom stereocenters.